The van der Waals surface area contributed by atoms with Crippen LogP contribution in [0.3, 0.4) is 0 Å². The van der Waals surface area contributed by atoms with Crippen molar-refractivity contribution in [2.24, 2.45) is 0 Å². The number of rotatable bonds is 4. The van der Waals surface area contributed by atoms with Crippen LogP contribution in [0.1, 0.15) is 22.3 Å². The molecular weight excluding hydrogens is 815 g/mol. The number of nitrogens with zero attached hydrogens (tertiary/aromatic N) is 3. The van der Waals surface area contributed by atoms with Crippen molar-refractivity contribution in [3.05, 3.63) is 174 Å². The summed E-state index contributed by atoms with van der Waals surface area (Å²) in [6.45, 7) is 8.38. The predicted octanol–water partition coefficient (Wildman–Crippen LogP) is 12.1. The Morgan fingerprint density at radius 3 is 2.23 bits per heavy atom. The van der Waals surface area contributed by atoms with Crippen LogP contribution in [0, 0.1) is 39.8 Å². The molecule has 0 saturated carbocycles. The molecule has 4 aromatic heterocycles. The largest absolute Gasteiger partial charge is 0.500 e. The topological polar surface area (TPSA) is 51.8 Å². The quantitative estimate of drug-likeness (QED) is 0.166. The Morgan fingerprint density at radius 2 is 1.42 bits per heavy atom. The van der Waals surface area contributed by atoms with Gasteiger partial charge in [-0.15, -0.1) is 53.6 Å². The van der Waals surface area contributed by atoms with Crippen LogP contribution in [-0.2, 0) is 20.1 Å². The molecule has 4 heterocycles. The van der Waals surface area contributed by atoms with Gasteiger partial charge in [0.15, 0.2) is 0 Å². The zero-order valence-corrected chi connectivity index (χ0v) is 31.8. The molecule has 9 rings (SSSR count). The van der Waals surface area contributed by atoms with E-state index in [9.17, 15) is 0 Å². The van der Waals surface area contributed by atoms with Crippen molar-refractivity contribution in [2.75, 3.05) is 0 Å². The molecule has 5 heteroatoms. The molecule has 0 aliphatic carbocycles. The SMILES string of the molecule is Cc1c[c-]c(-c2cc(C)c(C)cn2)cc1.Cc1ccc2c(oc3c(-c4cc(-c5ccccc5)ccn4)[c-]ccc32)c1-c1cccc2ccncc12.[Ir]. The standard InChI is InChI=1S/C33H21N2O.C14H14N.Ir/c1-21-13-14-27-26-11-6-12-28(30-19-24(16-18-35-30)22-7-3-2-4-8-22)32(26)36-33(27)31(21)25-10-5-9-23-15-17-34-20-29(23)25;1-10-4-6-13(7-5-10)14-8-11(2)12(3)9-15-14;/h2-11,13-20H,1H3;4-6,8-9H,1-3H3;/q2*-1;. The molecule has 0 aliphatic rings. The maximum absolute atomic E-state index is 6.71. The zero-order chi connectivity index (χ0) is 34.9. The Morgan fingerprint density at radius 1 is 0.577 bits per heavy atom. The smallest absolute Gasteiger partial charge is 0.129 e. The van der Waals surface area contributed by atoms with Crippen molar-refractivity contribution in [1.29, 1.82) is 0 Å². The first-order valence-corrected chi connectivity index (χ1v) is 17.1. The van der Waals surface area contributed by atoms with E-state index in [1.807, 2.05) is 67.3 Å². The van der Waals surface area contributed by atoms with Crippen molar-refractivity contribution >= 4 is 32.7 Å². The van der Waals surface area contributed by atoms with Crippen LogP contribution in [0.15, 0.2) is 144 Å². The van der Waals surface area contributed by atoms with Gasteiger partial charge >= 0.3 is 0 Å². The Kier molecular flexibility index (Phi) is 9.91. The molecule has 0 fully saturated rings. The van der Waals surface area contributed by atoms with E-state index in [1.165, 1.54) is 16.7 Å². The average molecular weight is 850 g/mol. The van der Waals surface area contributed by atoms with Gasteiger partial charge in [0.1, 0.15) is 5.58 Å². The van der Waals surface area contributed by atoms with Gasteiger partial charge in [-0.3, -0.25) is 4.98 Å². The summed E-state index contributed by atoms with van der Waals surface area (Å²) in [5.74, 6) is 0. The third kappa shape index (κ3) is 6.69. The number of fused-ring (bicyclic) bond motifs is 4. The van der Waals surface area contributed by atoms with E-state index >= 15 is 0 Å². The zero-order valence-electron chi connectivity index (χ0n) is 29.4. The van der Waals surface area contributed by atoms with Crippen molar-refractivity contribution in [2.45, 2.75) is 27.7 Å². The Hall–Kier alpha value is -5.74. The molecule has 5 aromatic carbocycles. The van der Waals surface area contributed by atoms with Gasteiger partial charge in [-0.2, -0.15) is 0 Å². The van der Waals surface area contributed by atoms with Crippen LogP contribution in [0.4, 0.5) is 0 Å². The van der Waals surface area contributed by atoms with E-state index in [1.54, 1.807) is 0 Å². The summed E-state index contributed by atoms with van der Waals surface area (Å²) in [6, 6.07) is 46.2. The minimum Gasteiger partial charge on any atom is -0.500 e. The fraction of sp³-hybridized carbons (Fsp3) is 0.0851. The van der Waals surface area contributed by atoms with E-state index in [0.29, 0.717) is 0 Å². The van der Waals surface area contributed by atoms with E-state index < -0.39 is 0 Å². The molecule has 255 valence electrons. The summed E-state index contributed by atoms with van der Waals surface area (Å²) in [5, 5.41) is 4.41. The Bertz CT molecular complexity index is 2680. The van der Waals surface area contributed by atoms with Gasteiger partial charge in [-0.1, -0.05) is 96.2 Å². The first kappa shape index (κ1) is 34.7. The molecular formula is C47H35IrN3O-2. The summed E-state index contributed by atoms with van der Waals surface area (Å²) in [5.41, 5.74) is 14.8. The maximum Gasteiger partial charge on any atom is 0.129 e. The van der Waals surface area contributed by atoms with Gasteiger partial charge in [0, 0.05) is 61.2 Å². The van der Waals surface area contributed by atoms with Crippen LogP contribution in [-0.4, -0.2) is 15.0 Å². The molecule has 0 N–H and O–H groups in total. The predicted molar refractivity (Wildman–Crippen MR) is 209 cm³/mol. The van der Waals surface area contributed by atoms with Crippen LogP contribution < -0.4 is 0 Å². The van der Waals surface area contributed by atoms with Gasteiger partial charge in [-0.25, -0.2) is 0 Å². The molecule has 0 saturated heterocycles. The van der Waals surface area contributed by atoms with Gasteiger partial charge < -0.3 is 14.4 Å². The van der Waals surface area contributed by atoms with Gasteiger partial charge in [0.05, 0.1) is 5.58 Å². The van der Waals surface area contributed by atoms with Crippen molar-refractivity contribution in [3.63, 3.8) is 0 Å². The van der Waals surface area contributed by atoms with Gasteiger partial charge in [0.25, 0.3) is 0 Å². The average Bonchev–Trinajstić information content (AvgIpc) is 3.56. The molecule has 0 atom stereocenters. The molecule has 0 amide bonds. The summed E-state index contributed by atoms with van der Waals surface area (Å²) in [7, 11) is 0. The number of hydrogen-bond acceptors (Lipinski definition) is 4. The number of furan rings is 1. The van der Waals surface area contributed by atoms with Crippen LogP contribution >= 0.6 is 0 Å². The molecule has 9 aromatic rings. The van der Waals surface area contributed by atoms with E-state index in [4.69, 9.17) is 9.40 Å². The van der Waals surface area contributed by atoms with Crippen molar-refractivity contribution in [1.82, 2.24) is 15.0 Å². The fourth-order valence-electron chi connectivity index (χ4n) is 6.57. The maximum atomic E-state index is 6.71. The van der Waals surface area contributed by atoms with Crippen LogP contribution in [0.25, 0.3) is 77.5 Å². The molecule has 0 bridgehead atoms. The molecule has 0 spiro atoms. The number of aryl methyl sites for hydroxylation is 4. The molecule has 4 nitrogen and oxygen atoms in total. The summed E-state index contributed by atoms with van der Waals surface area (Å²) >= 11 is 0. The first-order valence-electron chi connectivity index (χ1n) is 17.1. The number of pyridine rings is 3. The summed E-state index contributed by atoms with van der Waals surface area (Å²) in [4.78, 5) is 13.5. The van der Waals surface area contributed by atoms with Crippen LogP contribution in [0.2, 0.25) is 0 Å². The molecule has 0 unspecified atom stereocenters. The minimum absolute atomic E-state index is 0. The monoisotopic (exact) mass is 850 g/mol. The third-order valence-electron chi connectivity index (χ3n) is 9.50. The van der Waals surface area contributed by atoms with Crippen molar-refractivity contribution in [3.8, 4) is 44.8 Å². The van der Waals surface area contributed by atoms with E-state index in [-0.39, 0.29) is 20.1 Å². The van der Waals surface area contributed by atoms with Gasteiger partial charge in [-0.05, 0) is 77.5 Å². The van der Waals surface area contributed by atoms with Crippen molar-refractivity contribution < 1.29 is 24.5 Å². The number of aromatic nitrogens is 3. The summed E-state index contributed by atoms with van der Waals surface area (Å²) in [6.07, 6.45) is 7.53. The normalized spacial score (nSPS) is 10.9. The first-order chi connectivity index (χ1) is 24.9. The Labute approximate surface area is 317 Å². The van der Waals surface area contributed by atoms with E-state index in [2.05, 4.69) is 123 Å². The second-order valence-electron chi connectivity index (χ2n) is 13.0. The third-order valence-corrected chi connectivity index (χ3v) is 9.50. The second kappa shape index (κ2) is 14.9. The Balaban J connectivity index is 0.000000222. The molecule has 0 aliphatic heterocycles. The number of benzene rings is 5. The van der Waals surface area contributed by atoms with Gasteiger partial charge in [0.2, 0.25) is 0 Å². The van der Waals surface area contributed by atoms with Crippen LogP contribution in [0.5, 0.6) is 0 Å². The fourth-order valence-corrected chi connectivity index (χ4v) is 6.57. The second-order valence-corrected chi connectivity index (χ2v) is 13.0. The molecule has 1 radical (unpaired) electrons. The number of hydrogen-bond donors (Lipinski definition) is 0. The van der Waals surface area contributed by atoms with E-state index in [0.717, 1.165) is 83.0 Å². The minimum atomic E-state index is 0. The molecule has 52 heavy (non-hydrogen) atoms. The summed E-state index contributed by atoms with van der Waals surface area (Å²) < 4.78 is 6.71.